The van der Waals surface area contributed by atoms with Gasteiger partial charge in [0.1, 0.15) is 10.7 Å². The molecule has 102 valence electrons. The standard InChI is InChI=1S/C12H22N4OS/c1-3-4-5-6-8-16-10(7-9-17-2)11(12(13)18)14-15-16/h3-9H2,1-2H3,(H2,13,18). The summed E-state index contributed by atoms with van der Waals surface area (Å²) in [5.41, 5.74) is 7.27. The highest BCUT2D eigenvalue weighted by Crippen LogP contribution is 2.09. The molecule has 0 amide bonds. The van der Waals surface area contributed by atoms with Crippen molar-refractivity contribution < 1.29 is 4.74 Å². The third-order valence-corrected chi connectivity index (χ3v) is 3.03. The molecule has 0 saturated carbocycles. The van der Waals surface area contributed by atoms with E-state index in [-0.39, 0.29) is 0 Å². The van der Waals surface area contributed by atoms with Gasteiger partial charge in [-0.05, 0) is 6.42 Å². The molecule has 2 N–H and O–H groups in total. The predicted molar refractivity (Wildman–Crippen MR) is 75.6 cm³/mol. The first-order valence-corrected chi connectivity index (χ1v) is 6.82. The minimum atomic E-state index is 0.306. The fraction of sp³-hybridized carbons (Fsp3) is 0.750. The Kier molecular flexibility index (Phi) is 6.82. The van der Waals surface area contributed by atoms with Gasteiger partial charge in [0.15, 0.2) is 0 Å². The molecule has 0 aliphatic carbocycles. The van der Waals surface area contributed by atoms with E-state index in [1.165, 1.54) is 19.3 Å². The van der Waals surface area contributed by atoms with Crippen molar-refractivity contribution in [2.24, 2.45) is 5.73 Å². The molecule has 18 heavy (non-hydrogen) atoms. The number of unbranched alkanes of at least 4 members (excludes halogenated alkanes) is 3. The van der Waals surface area contributed by atoms with Crippen LogP contribution in [-0.4, -0.2) is 33.7 Å². The molecule has 1 heterocycles. The number of thiocarbonyl (C=S) groups is 1. The third kappa shape index (κ3) is 4.34. The molecule has 0 radical (unpaired) electrons. The van der Waals surface area contributed by atoms with Crippen molar-refractivity contribution in [2.75, 3.05) is 13.7 Å². The van der Waals surface area contributed by atoms with Gasteiger partial charge in [-0.2, -0.15) is 0 Å². The number of rotatable bonds is 9. The topological polar surface area (TPSA) is 66.0 Å². The molecule has 0 atom stereocenters. The first kappa shape index (κ1) is 15.0. The van der Waals surface area contributed by atoms with E-state index in [4.69, 9.17) is 22.7 Å². The molecule has 6 heteroatoms. The molecular formula is C12H22N4OS. The van der Waals surface area contributed by atoms with E-state index in [1.54, 1.807) is 7.11 Å². The summed E-state index contributed by atoms with van der Waals surface area (Å²) in [6.45, 7) is 3.69. The molecule has 5 nitrogen and oxygen atoms in total. The molecular weight excluding hydrogens is 248 g/mol. The average Bonchev–Trinajstić information content (AvgIpc) is 2.75. The average molecular weight is 270 g/mol. The first-order chi connectivity index (χ1) is 8.70. The van der Waals surface area contributed by atoms with Crippen molar-refractivity contribution >= 4 is 17.2 Å². The van der Waals surface area contributed by atoms with E-state index in [9.17, 15) is 0 Å². The number of nitrogens with zero attached hydrogens (tertiary/aromatic N) is 3. The zero-order chi connectivity index (χ0) is 13.4. The Morgan fingerprint density at radius 2 is 2.17 bits per heavy atom. The van der Waals surface area contributed by atoms with Crippen molar-refractivity contribution in [3.8, 4) is 0 Å². The van der Waals surface area contributed by atoms with Crippen LogP contribution >= 0.6 is 12.2 Å². The van der Waals surface area contributed by atoms with Gasteiger partial charge >= 0.3 is 0 Å². The molecule has 0 aromatic carbocycles. The minimum Gasteiger partial charge on any atom is -0.388 e. The highest BCUT2D eigenvalue weighted by molar-refractivity contribution is 7.80. The molecule has 1 aromatic heterocycles. The first-order valence-electron chi connectivity index (χ1n) is 6.41. The number of hydrogen-bond acceptors (Lipinski definition) is 4. The van der Waals surface area contributed by atoms with E-state index in [0.717, 1.165) is 25.1 Å². The van der Waals surface area contributed by atoms with Gasteiger partial charge in [0.25, 0.3) is 0 Å². The van der Waals surface area contributed by atoms with Crippen LogP contribution in [-0.2, 0) is 17.7 Å². The smallest absolute Gasteiger partial charge is 0.143 e. The Balaban J connectivity index is 2.67. The minimum absolute atomic E-state index is 0.306. The zero-order valence-electron chi connectivity index (χ0n) is 11.2. The maximum Gasteiger partial charge on any atom is 0.143 e. The van der Waals surface area contributed by atoms with E-state index in [0.29, 0.717) is 17.3 Å². The van der Waals surface area contributed by atoms with E-state index in [2.05, 4.69) is 17.2 Å². The lowest BCUT2D eigenvalue weighted by Crippen LogP contribution is -2.15. The van der Waals surface area contributed by atoms with E-state index >= 15 is 0 Å². The summed E-state index contributed by atoms with van der Waals surface area (Å²) >= 11 is 4.99. The highest BCUT2D eigenvalue weighted by Gasteiger charge is 2.14. The van der Waals surface area contributed by atoms with E-state index in [1.807, 2.05) is 4.68 Å². The van der Waals surface area contributed by atoms with Gasteiger partial charge in [-0.1, -0.05) is 43.6 Å². The number of methoxy groups -OCH3 is 1. The van der Waals surface area contributed by atoms with Gasteiger partial charge in [-0.3, -0.25) is 0 Å². The molecule has 0 saturated heterocycles. The maximum absolute atomic E-state index is 5.65. The number of nitrogens with two attached hydrogens (primary N) is 1. The summed E-state index contributed by atoms with van der Waals surface area (Å²) in [5.74, 6) is 0. The molecule has 1 aromatic rings. The quantitative estimate of drug-likeness (QED) is 0.546. The number of aromatic nitrogens is 3. The van der Waals surface area contributed by atoms with Gasteiger partial charge < -0.3 is 10.5 Å². The fourth-order valence-corrected chi connectivity index (χ4v) is 2.00. The SMILES string of the molecule is CCCCCCn1nnc(C(N)=S)c1CCOC. The number of aryl methyl sites for hydroxylation is 1. The van der Waals surface area contributed by atoms with Crippen molar-refractivity contribution in [3.05, 3.63) is 11.4 Å². The Bertz CT molecular complexity index is 378. The van der Waals surface area contributed by atoms with Crippen LogP contribution in [0.25, 0.3) is 0 Å². The molecule has 0 fully saturated rings. The predicted octanol–water partition coefficient (Wildman–Crippen LogP) is 1.68. The Hall–Kier alpha value is -1.01. The van der Waals surface area contributed by atoms with Crippen LogP contribution in [0, 0.1) is 0 Å². The lowest BCUT2D eigenvalue weighted by atomic mass is 10.2. The summed E-state index contributed by atoms with van der Waals surface area (Å²) in [6, 6.07) is 0. The van der Waals surface area contributed by atoms with Crippen molar-refractivity contribution in [1.29, 1.82) is 0 Å². The largest absolute Gasteiger partial charge is 0.388 e. The fourth-order valence-electron chi connectivity index (χ4n) is 1.84. The lowest BCUT2D eigenvalue weighted by molar-refractivity contribution is 0.200. The van der Waals surface area contributed by atoms with Crippen LogP contribution in [0.5, 0.6) is 0 Å². The second-order valence-corrected chi connectivity index (χ2v) is 4.72. The third-order valence-electron chi connectivity index (χ3n) is 2.84. The molecule has 0 aliphatic rings. The molecule has 0 aliphatic heterocycles. The zero-order valence-corrected chi connectivity index (χ0v) is 12.0. The monoisotopic (exact) mass is 270 g/mol. The van der Waals surface area contributed by atoms with Gasteiger partial charge in [-0.25, -0.2) is 4.68 Å². The van der Waals surface area contributed by atoms with Crippen LogP contribution in [0.4, 0.5) is 0 Å². The highest BCUT2D eigenvalue weighted by atomic mass is 32.1. The summed E-state index contributed by atoms with van der Waals surface area (Å²) in [6.07, 6.45) is 5.54. The van der Waals surface area contributed by atoms with Gasteiger partial charge in [0, 0.05) is 20.1 Å². The normalized spacial score (nSPS) is 10.8. The van der Waals surface area contributed by atoms with Crippen LogP contribution in [0.2, 0.25) is 0 Å². The maximum atomic E-state index is 5.65. The Morgan fingerprint density at radius 3 is 2.78 bits per heavy atom. The second kappa shape index (κ2) is 8.16. The molecule has 0 unspecified atom stereocenters. The second-order valence-electron chi connectivity index (χ2n) is 4.28. The number of ether oxygens (including phenoxy) is 1. The summed E-state index contributed by atoms with van der Waals surface area (Å²) < 4.78 is 7.00. The van der Waals surface area contributed by atoms with Crippen molar-refractivity contribution in [3.63, 3.8) is 0 Å². The number of hydrogen-bond donors (Lipinski definition) is 1. The van der Waals surface area contributed by atoms with Crippen molar-refractivity contribution in [2.45, 2.75) is 45.6 Å². The van der Waals surface area contributed by atoms with Crippen LogP contribution in [0.3, 0.4) is 0 Å². The van der Waals surface area contributed by atoms with Gasteiger partial charge in [-0.15, -0.1) is 5.10 Å². The summed E-state index contributed by atoms with van der Waals surface area (Å²) in [5, 5.41) is 8.19. The van der Waals surface area contributed by atoms with Gasteiger partial charge in [0.2, 0.25) is 0 Å². The lowest BCUT2D eigenvalue weighted by Gasteiger charge is -2.07. The Morgan fingerprint density at radius 1 is 1.39 bits per heavy atom. The van der Waals surface area contributed by atoms with E-state index < -0.39 is 0 Å². The van der Waals surface area contributed by atoms with Crippen LogP contribution in [0.15, 0.2) is 0 Å². The summed E-state index contributed by atoms with van der Waals surface area (Å²) in [4.78, 5) is 0.306. The molecule has 0 bridgehead atoms. The van der Waals surface area contributed by atoms with Gasteiger partial charge in [0.05, 0.1) is 12.3 Å². The Labute approximate surface area is 114 Å². The van der Waals surface area contributed by atoms with Crippen LogP contribution in [0.1, 0.15) is 44.0 Å². The molecule has 1 rings (SSSR count). The van der Waals surface area contributed by atoms with Crippen molar-refractivity contribution in [1.82, 2.24) is 15.0 Å². The summed E-state index contributed by atoms with van der Waals surface area (Å²) in [7, 11) is 1.68. The van der Waals surface area contributed by atoms with Crippen LogP contribution < -0.4 is 5.73 Å². The molecule has 0 spiro atoms.